The van der Waals surface area contributed by atoms with E-state index in [0.29, 0.717) is 11.1 Å². The van der Waals surface area contributed by atoms with Gasteiger partial charge < -0.3 is 69.3 Å². The zero-order chi connectivity index (χ0) is 31.5. The number of esters is 1. The Bertz CT molecular complexity index is 1220. The summed E-state index contributed by atoms with van der Waals surface area (Å²) in [6, 6.07) is 6.08. The van der Waals surface area contributed by atoms with Crippen molar-refractivity contribution >= 4 is 12.0 Å². The van der Waals surface area contributed by atoms with Gasteiger partial charge in [-0.3, -0.25) is 0 Å². The van der Waals surface area contributed by atoms with Crippen LogP contribution in [0.15, 0.2) is 54.3 Å². The highest BCUT2D eigenvalue weighted by atomic mass is 16.8. The molecule has 242 valence electrons. The fraction of sp³-hybridized carbons (Fsp3) is 0.552. The summed E-state index contributed by atoms with van der Waals surface area (Å²) in [5, 5.41) is 80.8. The second kappa shape index (κ2) is 14.0. The second-order valence-electron chi connectivity index (χ2n) is 10.9. The number of fused-ring (bicyclic) bond motifs is 1. The molecular formula is C29H36O15. The van der Waals surface area contributed by atoms with Gasteiger partial charge in [0.2, 0.25) is 6.29 Å². The van der Waals surface area contributed by atoms with Gasteiger partial charge in [0, 0.05) is 12.0 Å². The van der Waals surface area contributed by atoms with Gasteiger partial charge in [-0.25, -0.2) is 4.79 Å². The lowest BCUT2D eigenvalue weighted by Crippen LogP contribution is -2.60. The maximum Gasteiger partial charge on any atom is 0.331 e. The lowest BCUT2D eigenvalue weighted by molar-refractivity contribution is -0.340. The fourth-order valence-electron chi connectivity index (χ4n) is 5.57. The Balaban J connectivity index is 1.19. The molecule has 15 nitrogen and oxygen atoms in total. The minimum absolute atomic E-state index is 0.0724. The Labute approximate surface area is 251 Å². The largest absolute Gasteiger partial charge is 0.508 e. The molecule has 1 aliphatic carbocycles. The normalized spacial score (nSPS) is 40.3. The Morgan fingerprint density at radius 2 is 1.64 bits per heavy atom. The van der Waals surface area contributed by atoms with E-state index in [9.17, 15) is 45.6 Å². The predicted octanol–water partition coefficient (Wildman–Crippen LogP) is -2.37. The van der Waals surface area contributed by atoms with Crippen LogP contribution < -0.4 is 0 Å². The highest BCUT2D eigenvalue weighted by Gasteiger charge is 2.51. The molecule has 2 fully saturated rings. The van der Waals surface area contributed by atoms with Gasteiger partial charge in [0.25, 0.3) is 0 Å². The molecule has 1 aromatic rings. The van der Waals surface area contributed by atoms with Gasteiger partial charge in [-0.2, -0.15) is 0 Å². The Morgan fingerprint density at radius 3 is 2.34 bits per heavy atom. The van der Waals surface area contributed by atoms with Crippen LogP contribution in [0.5, 0.6) is 5.75 Å². The first-order chi connectivity index (χ1) is 21.1. The smallest absolute Gasteiger partial charge is 0.331 e. The Hall–Kier alpha value is -2.93. The van der Waals surface area contributed by atoms with Gasteiger partial charge in [-0.15, -0.1) is 0 Å². The first-order valence-electron chi connectivity index (χ1n) is 14.0. The van der Waals surface area contributed by atoms with Crippen molar-refractivity contribution in [1.29, 1.82) is 0 Å². The molecule has 0 saturated carbocycles. The molecule has 13 atom stereocenters. The average molecular weight is 625 g/mol. The number of rotatable bonds is 9. The molecule has 2 saturated heterocycles. The summed E-state index contributed by atoms with van der Waals surface area (Å²) in [4.78, 5) is 12.3. The topological polar surface area (TPSA) is 234 Å². The number of aromatic hydroxyl groups is 1. The maximum absolute atomic E-state index is 12.3. The SMILES string of the molecule is O=C(C=Cc1ccc(O)cc1)O[C@@H]1CO[C@@H](O[C@@H]2C=C(CO)[C@H]3[C@H](O[C@@H]4O[C@H](CO)[C@@H](O)[C@H](O)[C@H]4O)OC=C[C@H]32)[C@H](O)[C@H]1O. The molecule has 4 aliphatic rings. The number of aliphatic hydroxyl groups excluding tert-OH is 7. The molecule has 44 heavy (non-hydrogen) atoms. The lowest BCUT2D eigenvalue weighted by Gasteiger charge is -2.43. The van der Waals surface area contributed by atoms with E-state index in [1.807, 2.05) is 0 Å². The molecule has 0 bridgehead atoms. The molecule has 3 aliphatic heterocycles. The van der Waals surface area contributed by atoms with Crippen LogP contribution in [-0.2, 0) is 33.2 Å². The number of aliphatic hydroxyl groups is 7. The number of phenols is 1. The summed E-state index contributed by atoms with van der Waals surface area (Å²) in [6.07, 6.45) is -8.13. The van der Waals surface area contributed by atoms with Crippen molar-refractivity contribution in [1.82, 2.24) is 0 Å². The van der Waals surface area contributed by atoms with E-state index in [0.717, 1.165) is 6.08 Å². The second-order valence-corrected chi connectivity index (χ2v) is 10.9. The molecule has 0 radical (unpaired) electrons. The van der Waals surface area contributed by atoms with E-state index in [-0.39, 0.29) is 12.4 Å². The number of carbonyl (C=O) groups excluding carboxylic acids is 1. The van der Waals surface area contributed by atoms with E-state index in [1.54, 1.807) is 24.3 Å². The molecule has 15 heteroatoms. The first-order valence-corrected chi connectivity index (χ1v) is 14.0. The van der Waals surface area contributed by atoms with Gasteiger partial charge >= 0.3 is 5.97 Å². The summed E-state index contributed by atoms with van der Waals surface area (Å²) in [5.74, 6) is -1.93. The molecule has 0 spiro atoms. The van der Waals surface area contributed by atoms with Crippen molar-refractivity contribution < 1.29 is 74.1 Å². The monoisotopic (exact) mass is 624 g/mol. The van der Waals surface area contributed by atoms with E-state index in [4.69, 9.17) is 28.4 Å². The van der Waals surface area contributed by atoms with Crippen molar-refractivity contribution in [2.45, 2.75) is 67.7 Å². The number of benzene rings is 1. The Kier molecular flexibility index (Phi) is 10.3. The van der Waals surface area contributed by atoms with Crippen LogP contribution in [-0.4, -0.2) is 134 Å². The number of hydrogen-bond donors (Lipinski definition) is 8. The number of carbonyl (C=O) groups is 1. The molecule has 1 aromatic carbocycles. The molecule has 0 amide bonds. The average Bonchev–Trinajstić information content (AvgIpc) is 3.39. The van der Waals surface area contributed by atoms with E-state index < -0.39 is 98.7 Å². The van der Waals surface area contributed by atoms with E-state index in [2.05, 4.69) is 0 Å². The van der Waals surface area contributed by atoms with Crippen LogP contribution in [0.1, 0.15) is 5.56 Å². The predicted molar refractivity (Wildman–Crippen MR) is 145 cm³/mol. The minimum atomic E-state index is -1.67. The van der Waals surface area contributed by atoms with Gasteiger partial charge in [-0.1, -0.05) is 18.2 Å². The van der Waals surface area contributed by atoms with Crippen molar-refractivity contribution in [2.75, 3.05) is 19.8 Å². The third kappa shape index (κ3) is 6.83. The maximum atomic E-state index is 12.3. The lowest BCUT2D eigenvalue weighted by atomic mass is 9.88. The van der Waals surface area contributed by atoms with Crippen LogP contribution in [0, 0.1) is 11.8 Å². The van der Waals surface area contributed by atoms with Gasteiger partial charge in [-0.05, 0) is 35.4 Å². The zero-order valence-electron chi connectivity index (χ0n) is 23.3. The van der Waals surface area contributed by atoms with Crippen LogP contribution in [0.2, 0.25) is 0 Å². The summed E-state index contributed by atoms with van der Waals surface area (Å²) in [6.45, 7) is -1.37. The van der Waals surface area contributed by atoms with E-state index in [1.165, 1.54) is 24.5 Å². The summed E-state index contributed by atoms with van der Waals surface area (Å²) in [7, 11) is 0. The first kappa shape index (κ1) is 32.5. The van der Waals surface area contributed by atoms with Crippen LogP contribution >= 0.6 is 0 Å². The third-order valence-corrected chi connectivity index (χ3v) is 8.00. The van der Waals surface area contributed by atoms with Crippen molar-refractivity contribution in [2.24, 2.45) is 11.8 Å². The van der Waals surface area contributed by atoms with Gasteiger partial charge in [0.15, 0.2) is 18.7 Å². The molecular weight excluding hydrogens is 588 g/mol. The minimum Gasteiger partial charge on any atom is -0.508 e. The standard InChI is InChI=1S/C29H36O15/c30-10-14-9-17(16-7-8-39-27(21(14)16)44-29-26(38)24(36)22(34)18(11-31)43-29)42-28-25(37)23(35)19(12-40-28)41-20(33)6-3-13-1-4-15(32)5-2-13/h1-9,16-19,21-32,34-38H,10-12H2/t16-,17+,18+,19+,21+,22+,23-,24-,25+,26+,27-,28-,29-/m0/s1. The van der Waals surface area contributed by atoms with Gasteiger partial charge in [0.05, 0.1) is 38.1 Å². The van der Waals surface area contributed by atoms with Crippen molar-refractivity contribution in [3.05, 3.63) is 59.9 Å². The Morgan fingerprint density at radius 1 is 0.909 bits per heavy atom. The number of ether oxygens (including phenoxy) is 6. The molecule has 3 heterocycles. The number of hydrogen-bond acceptors (Lipinski definition) is 15. The highest BCUT2D eigenvalue weighted by molar-refractivity contribution is 5.87. The van der Waals surface area contributed by atoms with Gasteiger partial charge in [0.1, 0.15) is 42.4 Å². The fourth-order valence-corrected chi connectivity index (χ4v) is 5.57. The van der Waals surface area contributed by atoms with Crippen molar-refractivity contribution in [3.8, 4) is 5.75 Å². The van der Waals surface area contributed by atoms with Crippen molar-refractivity contribution in [3.63, 3.8) is 0 Å². The highest BCUT2D eigenvalue weighted by Crippen LogP contribution is 2.43. The molecule has 5 rings (SSSR count). The molecule has 0 aromatic heterocycles. The van der Waals surface area contributed by atoms with E-state index >= 15 is 0 Å². The summed E-state index contributed by atoms with van der Waals surface area (Å²) >= 11 is 0. The molecule has 0 unspecified atom stereocenters. The van der Waals surface area contributed by atoms with Crippen LogP contribution in [0.4, 0.5) is 0 Å². The number of phenolic OH excluding ortho intramolecular Hbond substituents is 1. The zero-order valence-corrected chi connectivity index (χ0v) is 23.3. The summed E-state index contributed by atoms with van der Waals surface area (Å²) < 4.78 is 33.7. The van der Waals surface area contributed by atoms with Crippen LogP contribution in [0.25, 0.3) is 6.08 Å². The summed E-state index contributed by atoms with van der Waals surface area (Å²) in [5.41, 5.74) is 1.05. The molecule has 8 N–H and O–H groups in total. The van der Waals surface area contributed by atoms with Crippen LogP contribution in [0.3, 0.4) is 0 Å². The quantitative estimate of drug-likeness (QED) is 0.0815. The third-order valence-electron chi connectivity index (χ3n) is 8.00.